The lowest BCUT2D eigenvalue weighted by molar-refractivity contribution is 0.0697. The number of nitrogens with zero attached hydrogens (tertiary/aromatic N) is 3. The number of rotatable bonds is 4. The average molecular weight is 296 g/mol. The van der Waals surface area contributed by atoms with Crippen molar-refractivity contribution < 1.29 is 18.3 Å². The van der Waals surface area contributed by atoms with E-state index in [1.54, 1.807) is 18.5 Å². The number of aromatic carboxylic acids is 1. The maximum atomic E-state index is 12.1. The molecule has 0 fully saturated rings. The molecule has 2 aromatic rings. The number of hydrogen-bond donors (Lipinski definition) is 2. The smallest absolute Gasteiger partial charge is 0.339 e. The second-order valence-corrected chi connectivity index (χ2v) is 5.68. The molecule has 0 saturated carbocycles. The van der Waals surface area contributed by atoms with Crippen molar-refractivity contribution in [2.45, 2.75) is 11.9 Å². The van der Waals surface area contributed by atoms with Gasteiger partial charge in [0.15, 0.2) is 10.8 Å². The highest BCUT2D eigenvalue weighted by Gasteiger charge is 2.22. The summed E-state index contributed by atoms with van der Waals surface area (Å²) in [4.78, 5) is 18.6. The third-order valence-corrected chi connectivity index (χ3v) is 3.84. The Morgan fingerprint density at radius 1 is 1.45 bits per heavy atom. The van der Waals surface area contributed by atoms with Gasteiger partial charge in [-0.1, -0.05) is 0 Å². The van der Waals surface area contributed by atoms with Crippen LogP contribution in [-0.4, -0.2) is 34.0 Å². The summed E-state index contributed by atoms with van der Waals surface area (Å²) >= 11 is 0. The van der Waals surface area contributed by atoms with Gasteiger partial charge in [0, 0.05) is 19.4 Å². The van der Waals surface area contributed by atoms with E-state index in [1.807, 2.05) is 0 Å². The lowest BCUT2D eigenvalue weighted by Gasteiger charge is -2.07. The first-order valence-electron chi connectivity index (χ1n) is 5.52. The molecule has 0 aliphatic rings. The van der Waals surface area contributed by atoms with Gasteiger partial charge in [0.1, 0.15) is 11.4 Å². The third kappa shape index (κ3) is 2.62. The number of nitrogens with one attached hydrogen (secondary N) is 1. The Morgan fingerprint density at radius 2 is 2.15 bits per heavy atom. The highest BCUT2D eigenvalue weighted by atomic mass is 32.2. The fourth-order valence-corrected chi connectivity index (χ4v) is 2.57. The van der Waals surface area contributed by atoms with Crippen molar-refractivity contribution in [2.24, 2.45) is 7.05 Å². The van der Waals surface area contributed by atoms with E-state index in [1.165, 1.54) is 24.5 Å². The summed E-state index contributed by atoms with van der Waals surface area (Å²) < 4.78 is 27.9. The van der Waals surface area contributed by atoms with E-state index in [4.69, 9.17) is 5.11 Å². The van der Waals surface area contributed by atoms with Crippen LogP contribution in [0.3, 0.4) is 0 Å². The van der Waals surface area contributed by atoms with E-state index in [-0.39, 0.29) is 16.4 Å². The Balaban J connectivity index is 2.41. The van der Waals surface area contributed by atoms with Gasteiger partial charge < -0.3 is 9.67 Å². The standard InChI is InChI=1S/C11H12N4O4S/c1-7-13-9(6-15(7)2)20(18,19)14-10-8(11(16)17)4-3-5-12-10/h3-6H,1-2H3,(H,12,14)(H,16,17). The zero-order valence-corrected chi connectivity index (χ0v) is 11.5. The number of imidazole rings is 1. The van der Waals surface area contributed by atoms with Crippen LogP contribution in [0, 0.1) is 6.92 Å². The Labute approximate surface area is 115 Å². The molecule has 0 saturated heterocycles. The van der Waals surface area contributed by atoms with Gasteiger partial charge in [0.25, 0.3) is 10.0 Å². The predicted molar refractivity (Wildman–Crippen MR) is 69.9 cm³/mol. The highest BCUT2D eigenvalue weighted by molar-refractivity contribution is 7.92. The molecular formula is C11H12N4O4S. The number of aromatic nitrogens is 3. The van der Waals surface area contributed by atoms with Crippen LogP contribution >= 0.6 is 0 Å². The van der Waals surface area contributed by atoms with Crippen molar-refractivity contribution in [1.82, 2.24) is 14.5 Å². The Kier molecular flexibility index (Phi) is 3.45. The van der Waals surface area contributed by atoms with Gasteiger partial charge in [0.2, 0.25) is 0 Å². The van der Waals surface area contributed by atoms with Gasteiger partial charge in [-0.2, -0.15) is 8.42 Å². The molecular weight excluding hydrogens is 284 g/mol. The van der Waals surface area contributed by atoms with E-state index >= 15 is 0 Å². The van der Waals surface area contributed by atoms with Crippen molar-refractivity contribution in [3.8, 4) is 0 Å². The zero-order chi connectivity index (χ0) is 14.9. The minimum atomic E-state index is -3.98. The normalized spacial score (nSPS) is 11.3. The number of sulfonamides is 1. The van der Waals surface area contributed by atoms with Crippen LogP contribution < -0.4 is 4.72 Å². The first-order chi connectivity index (χ1) is 9.31. The van der Waals surface area contributed by atoms with Crippen LogP contribution in [0.15, 0.2) is 29.6 Å². The maximum Gasteiger partial charge on any atom is 0.339 e. The first kappa shape index (κ1) is 14.0. The largest absolute Gasteiger partial charge is 0.478 e. The first-order valence-corrected chi connectivity index (χ1v) is 7.00. The number of carbonyl (C=O) groups is 1. The van der Waals surface area contributed by atoms with E-state index in [0.717, 1.165) is 0 Å². The van der Waals surface area contributed by atoms with Crippen molar-refractivity contribution in [2.75, 3.05) is 4.72 Å². The Bertz CT molecular complexity index is 747. The molecule has 2 rings (SSSR count). The molecule has 2 heterocycles. The Morgan fingerprint density at radius 3 is 2.70 bits per heavy atom. The van der Waals surface area contributed by atoms with Crippen molar-refractivity contribution >= 4 is 21.8 Å². The van der Waals surface area contributed by atoms with Gasteiger partial charge in [-0.05, 0) is 19.1 Å². The van der Waals surface area contributed by atoms with Crippen LogP contribution in [0.25, 0.3) is 0 Å². The van der Waals surface area contributed by atoms with Crippen LogP contribution in [-0.2, 0) is 17.1 Å². The van der Waals surface area contributed by atoms with Gasteiger partial charge in [-0.3, -0.25) is 4.72 Å². The SMILES string of the molecule is Cc1nc(S(=O)(=O)Nc2ncccc2C(=O)O)cn1C. The maximum absolute atomic E-state index is 12.1. The molecule has 0 unspecified atom stereocenters. The summed E-state index contributed by atoms with van der Waals surface area (Å²) in [5.41, 5.74) is -0.233. The molecule has 0 bridgehead atoms. The molecule has 9 heteroatoms. The monoisotopic (exact) mass is 296 g/mol. The predicted octanol–water partition coefficient (Wildman–Crippen LogP) is 0.623. The molecule has 2 N–H and O–H groups in total. The fraction of sp³-hybridized carbons (Fsp3) is 0.182. The molecule has 0 amide bonds. The van der Waals surface area contributed by atoms with E-state index < -0.39 is 16.0 Å². The minimum Gasteiger partial charge on any atom is -0.478 e. The number of anilines is 1. The summed E-state index contributed by atoms with van der Waals surface area (Å²) in [5, 5.41) is 8.79. The van der Waals surface area contributed by atoms with E-state index in [0.29, 0.717) is 5.82 Å². The molecule has 0 spiro atoms. The van der Waals surface area contributed by atoms with Gasteiger partial charge in [-0.15, -0.1) is 0 Å². The summed E-state index contributed by atoms with van der Waals surface area (Å²) in [5.74, 6) is -0.999. The number of hydrogen-bond acceptors (Lipinski definition) is 5. The number of pyridine rings is 1. The van der Waals surface area contributed by atoms with Crippen LogP contribution in [0.2, 0.25) is 0 Å². The summed E-state index contributed by atoms with van der Waals surface area (Å²) in [6, 6.07) is 2.67. The summed E-state index contributed by atoms with van der Waals surface area (Å²) in [7, 11) is -2.32. The molecule has 0 aliphatic carbocycles. The molecule has 0 aliphatic heterocycles. The molecule has 0 aromatic carbocycles. The minimum absolute atomic E-state index is 0.195. The topological polar surface area (TPSA) is 114 Å². The molecule has 20 heavy (non-hydrogen) atoms. The van der Waals surface area contributed by atoms with Crippen molar-refractivity contribution in [3.63, 3.8) is 0 Å². The van der Waals surface area contributed by atoms with E-state index in [2.05, 4.69) is 14.7 Å². The fourth-order valence-electron chi connectivity index (χ4n) is 1.49. The lowest BCUT2D eigenvalue weighted by Crippen LogP contribution is -2.17. The van der Waals surface area contributed by atoms with Crippen molar-refractivity contribution in [1.29, 1.82) is 0 Å². The van der Waals surface area contributed by atoms with Crippen LogP contribution in [0.4, 0.5) is 5.82 Å². The molecule has 106 valence electrons. The van der Waals surface area contributed by atoms with Crippen molar-refractivity contribution in [3.05, 3.63) is 35.9 Å². The summed E-state index contributed by atoms with van der Waals surface area (Å²) in [6.07, 6.45) is 2.63. The molecule has 8 nitrogen and oxygen atoms in total. The second-order valence-electron chi connectivity index (χ2n) is 4.05. The van der Waals surface area contributed by atoms with Gasteiger partial charge in [0.05, 0.1) is 0 Å². The molecule has 2 aromatic heterocycles. The van der Waals surface area contributed by atoms with Gasteiger partial charge in [-0.25, -0.2) is 14.8 Å². The molecule has 0 atom stereocenters. The summed E-state index contributed by atoms with van der Waals surface area (Å²) in [6.45, 7) is 1.66. The van der Waals surface area contributed by atoms with E-state index in [9.17, 15) is 13.2 Å². The van der Waals surface area contributed by atoms with Gasteiger partial charge >= 0.3 is 5.97 Å². The Hall–Kier alpha value is -2.42. The lowest BCUT2D eigenvalue weighted by atomic mass is 10.3. The number of aryl methyl sites for hydroxylation is 2. The number of carboxylic acid groups (broad SMARTS) is 1. The van der Waals surface area contributed by atoms with Crippen LogP contribution in [0.5, 0.6) is 0 Å². The third-order valence-electron chi connectivity index (χ3n) is 2.63. The zero-order valence-electron chi connectivity index (χ0n) is 10.7. The van der Waals surface area contributed by atoms with Crippen LogP contribution in [0.1, 0.15) is 16.2 Å². The quantitative estimate of drug-likeness (QED) is 0.855. The highest BCUT2D eigenvalue weighted by Crippen LogP contribution is 2.17. The molecule has 0 radical (unpaired) electrons. The second kappa shape index (κ2) is 4.93. The number of carboxylic acids is 1. The average Bonchev–Trinajstić information content (AvgIpc) is 2.70.